The predicted octanol–water partition coefficient (Wildman–Crippen LogP) is 6.28. The summed E-state index contributed by atoms with van der Waals surface area (Å²) >= 11 is 1.76. The molecule has 1 N–H and O–H groups in total. The average Bonchev–Trinajstić information content (AvgIpc) is 2.90. The van der Waals surface area contributed by atoms with Gasteiger partial charge in [-0.3, -0.25) is 4.79 Å². The van der Waals surface area contributed by atoms with E-state index in [1.807, 2.05) is 0 Å². The third-order valence-corrected chi connectivity index (χ3v) is 6.62. The van der Waals surface area contributed by atoms with Gasteiger partial charge in [-0.1, -0.05) is 78.1 Å². The molecule has 1 saturated heterocycles. The van der Waals surface area contributed by atoms with E-state index in [1.54, 1.807) is 11.8 Å². The molecule has 1 rings (SSSR count). The van der Waals surface area contributed by atoms with Gasteiger partial charge >= 0.3 is 5.97 Å². The normalized spacial score (nSPS) is 24.7. The van der Waals surface area contributed by atoms with E-state index in [-0.39, 0.29) is 5.25 Å². The zero-order chi connectivity index (χ0) is 16.2. The summed E-state index contributed by atoms with van der Waals surface area (Å²) in [5, 5.41) is 9.78. The van der Waals surface area contributed by atoms with Gasteiger partial charge in [0, 0.05) is 5.25 Å². The molecule has 22 heavy (non-hydrogen) atoms. The fourth-order valence-electron chi connectivity index (χ4n) is 3.53. The van der Waals surface area contributed by atoms with Crippen LogP contribution in [0.3, 0.4) is 0 Å². The summed E-state index contributed by atoms with van der Waals surface area (Å²) < 4.78 is 0. The van der Waals surface area contributed by atoms with E-state index in [2.05, 4.69) is 13.8 Å². The second-order valence-electron chi connectivity index (χ2n) is 6.90. The fourth-order valence-corrected chi connectivity index (χ4v) is 5.20. The number of aliphatic carboxylic acids is 1. The van der Waals surface area contributed by atoms with Gasteiger partial charge in [0.2, 0.25) is 0 Å². The largest absolute Gasteiger partial charge is 0.480 e. The Balaban J connectivity index is 2.28. The number of carboxylic acid groups (broad SMARTS) is 1. The Bertz CT molecular complexity index is 271. The topological polar surface area (TPSA) is 37.3 Å². The Labute approximate surface area is 141 Å². The van der Waals surface area contributed by atoms with Crippen molar-refractivity contribution in [3.05, 3.63) is 0 Å². The first-order chi connectivity index (χ1) is 10.7. The summed E-state index contributed by atoms with van der Waals surface area (Å²) in [6, 6.07) is 0. The van der Waals surface area contributed by atoms with Crippen LogP contribution in [0.2, 0.25) is 0 Å². The van der Waals surface area contributed by atoms with Crippen molar-refractivity contribution in [2.45, 2.75) is 108 Å². The molecule has 0 amide bonds. The van der Waals surface area contributed by atoms with Crippen molar-refractivity contribution in [2.75, 3.05) is 0 Å². The summed E-state index contributed by atoms with van der Waals surface area (Å²) in [7, 11) is 0. The first-order valence-electron chi connectivity index (χ1n) is 9.57. The van der Waals surface area contributed by atoms with Crippen molar-refractivity contribution in [1.29, 1.82) is 0 Å². The molecule has 0 bridgehead atoms. The van der Waals surface area contributed by atoms with E-state index in [0.29, 0.717) is 11.2 Å². The molecule has 0 aromatic carbocycles. The Kier molecular flexibility index (Phi) is 11.1. The number of hydrogen-bond acceptors (Lipinski definition) is 2. The van der Waals surface area contributed by atoms with Gasteiger partial charge in [-0.2, -0.15) is 0 Å². The fraction of sp³-hybridized carbons (Fsp3) is 0.947. The Morgan fingerprint density at radius 3 is 2.00 bits per heavy atom. The van der Waals surface area contributed by atoms with Gasteiger partial charge < -0.3 is 5.11 Å². The Morgan fingerprint density at radius 1 is 0.909 bits per heavy atom. The first-order valence-corrected chi connectivity index (χ1v) is 10.5. The molecule has 3 heteroatoms. The Hall–Kier alpha value is -0.180. The minimum atomic E-state index is -0.588. The Morgan fingerprint density at radius 2 is 1.45 bits per heavy atom. The van der Waals surface area contributed by atoms with Crippen LogP contribution in [0.4, 0.5) is 0 Å². The quantitative estimate of drug-likeness (QED) is 0.404. The molecular weight excluding hydrogens is 292 g/mol. The van der Waals surface area contributed by atoms with E-state index in [4.69, 9.17) is 0 Å². The summed E-state index contributed by atoms with van der Waals surface area (Å²) in [5.41, 5.74) is 0. The zero-order valence-corrected chi connectivity index (χ0v) is 15.5. The highest BCUT2D eigenvalue weighted by molar-refractivity contribution is 8.01. The van der Waals surface area contributed by atoms with Crippen LogP contribution in [0, 0.1) is 5.92 Å². The van der Waals surface area contributed by atoms with Crippen LogP contribution >= 0.6 is 11.8 Å². The van der Waals surface area contributed by atoms with Gasteiger partial charge in [-0.05, 0) is 25.2 Å². The lowest BCUT2D eigenvalue weighted by Crippen LogP contribution is -2.13. The van der Waals surface area contributed by atoms with Gasteiger partial charge in [0.15, 0.2) is 0 Å². The maximum absolute atomic E-state index is 11.3. The number of unbranched alkanes of at least 4 members (excludes halogenated alkanes) is 8. The molecule has 3 unspecified atom stereocenters. The molecule has 1 fully saturated rings. The van der Waals surface area contributed by atoms with Crippen LogP contribution < -0.4 is 0 Å². The van der Waals surface area contributed by atoms with E-state index in [1.165, 1.54) is 77.0 Å². The van der Waals surface area contributed by atoms with Crippen LogP contribution in [0.5, 0.6) is 0 Å². The van der Waals surface area contributed by atoms with E-state index >= 15 is 0 Å². The maximum atomic E-state index is 11.3. The van der Waals surface area contributed by atoms with Gasteiger partial charge in [-0.25, -0.2) is 0 Å². The zero-order valence-electron chi connectivity index (χ0n) is 14.7. The molecular formula is C19H36O2S. The van der Waals surface area contributed by atoms with Gasteiger partial charge in [0.05, 0.1) is 0 Å². The molecule has 1 heterocycles. The monoisotopic (exact) mass is 328 g/mol. The van der Waals surface area contributed by atoms with Gasteiger partial charge in [0.25, 0.3) is 0 Å². The molecule has 0 radical (unpaired) electrons. The van der Waals surface area contributed by atoms with E-state index in [0.717, 1.165) is 6.42 Å². The molecule has 0 aromatic heterocycles. The minimum absolute atomic E-state index is 0.138. The highest BCUT2D eigenvalue weighted by Crippen LogP contribution is 2.43. The van der Waals surface area contributed by atoms with E-state index < -0.39 is 5.97 Å². The predicted molar refractivity (Wildman–Crippen MR) is 97.7 cm³/mol. The molecule has 2 nitrogen and oxygen atoms in total. The number of rotatable bonds is 13. The average molecular weight is 329 g/mol. The molecule has 1 aliphatic heterocycles. The first kappa shape index (κ1) is 19.9. The molecule has 3 atom stereocenters. The summed E-state index contributed by atoms with van der Waals surface area (Å²) in [6.07, 6.45) is 16.6. The van der Waals surface area contributed by atoms with E-state index in [9.17, 15) is 9.90 Å². The number of thioether (sulfide) groups is 1. The van der Waals surface area contributed by atoms with Crippen LogP contribution in [0.15, 0.2) is 0 Å². The third-order valence-electron chi connectivity index (χ3n) is 4.93. The molecule has 0 aliphatic carbocycles. The SMILES string of the molecule is CCCCCCCC1CC(C(=O)O)SC1CCCCCCC. The van der Waals surface area contributed by atoms with Crippen molar-refractivity contribution in [2.24, 2.45) is 5.92 Å². The second-order valence-corrected chi connectivity index (χ2v) is 8.35. The highest BCUT2D eigenvalue weighted by atomic mass is 32.2. The van der Waals surface area contributed by atoms with Gasteiger partial charge in [-0.15, -0.1) is 11.8 Å². The maximum Gasteiger partial charge on any atom is 0.316 e. The molecule has 130 valence electrons. The third kappa shape index (κ3) is 7.89. The molecule has 0 spiro atoms. The van der Waals surface area contributed by atoms with Crippen molar-refractivity contribution in [3.8, 4) is 0 Å². The van der Waals surface area contributed by atoms with Crippen molar-refractivity contribution in [1.82, 2.24) is 0 Å². The van der Waals surface area contributed by atoms with Crippen molar-refractivity contribution in [3.63, 3.8) is 0 Å². The van der Waals surface area contributed by atoms with Gasteiger partial charge in [0.1, 0.15) is 5.25 Å². The smallest absolute Gasteiger partial charge is 0.316 e. The minimum Gasteiger partial charge on any atom is -0.480 e. The van der Waals surface area contributed by atoms with Crippen LogP contribution in [-0.2, 0) is 4.79 Å². The standard InChI is InChI=1S/C19H36O2S/c1-3-5-7-9-11-13-16-15-18(19(20)21)22-17(16)14-12-10-8-6-4-2/h16-18H,3-15H2,1-2H3,(H,20,21). The summed E-state index contributed by atoms with van der Waals surface area (Å²) in [5.74, 6) is 0.0633. The van der Waals surface area contributed by atoms with Crippen LogP contribution in [-0.4, -0.2) is 21.6 Å². The number of hydrogen-bond donors (Lipinski definition) is 1. The lowest BCUT2D eigenvalue weighted by atomic mass is 9.90. The number of carbonyl (C=O) groups is 1. The summed E-state index contributed by atoms with van der Waals surface area (Å²) in [4.78, 5) is 11.3. The second kappa shape index (κ2) is 12.3. The van der Waals surface area contributed by atoms with Crippen LogP contribution in [0.25, 0.3) is 0 Å². The molecule has 0 saturated carbocycles. The van der Waals surface area contributed by atoms with Crippen molar-refractivity contribution >= 4 is 17.7 Å². The summed E-state index contributed by atoms with van der Waals surface area (Å²) in [6.45, 7) is 4.50. The molecule has 1 aliphatic rings. The molecule has 0 aromatic rings. The lowest BCUT2D eigenvalue weighted by molar-refractivity contribution is -0.136. The lowest BCUT2D eigenvalue weighted by Gasteiger charge is -2.18. The van der Waals surface area contributed by atoms with Crippen molar-refractivity contribution < 1.29 is 9.90 Å². The highest BCUT2D eigenvalue weighted by Gasteiger charge is 2.37. The van der Waals surface area contributed by atoms with Crippen LogP contribution in [0.1, 0.15) is 97.3 Å². The number of carboxylic acids is 1.